The molecule has 9 heteroatoms. The van der Waals surface area contributed by atoms with Crippen molar-refractivity contribution in [3.05, 3.63) is 99.2 Å². The summed E-state index contributed by atoms with van der Waals surface area (Å²) in [7, 11) is 1.62. The number of hydrogen-bond donors (Lipinski definition) is 2. The Bertz CT molecular complexity index is 2160. The molecule has 3 aliphatic carbocycles. The van der Waals surface area contributed by atoms with Gasteiger partial charge in [0.1, 0.15) is 34.2 Å². The van der Waals surface area contributed by atoms with Crippen molar-refractivity contribution in [2.24, 2.45) is 11.8 Å². The quantitative estimate of drug-likeness (QED) is 0.163. The highest BCUT2D eigenvalue weighted by atomic mass is 16.6. The van der Waals surface area contributed by atoms with Gasteiger partial charge in [-0.1, -0.05) is 53.6 Å². The van der Waals surface area contributed by atoms with Gasteiger partial charge in [0.2, 0.25) is 5.91 Å². The summed E-state index contributed by atoms with van der Waals surface area (Å²) in [5.41, 5.74) is 0.546. The van der Waals surface area contributed by atoms with E-state index in [4.69, 9.17) is 18.9 Å². The van der Waals surface area contributed by atoms with Gasteiger partial charge in [0.15, 0.2) is 22.8 Å². The Morgan fingerprint density at radius 2 is 1.73 bits per heavy atom. The van der Waals surface area contributed by atoms with Crippen LogP contribution in [0.25, 0.3) is 6.08 Å². The fraction of sp³-hybridized carbons (Fsp3) is 0.468. The molecular formula is C47H55NO8. The number of amides is 1. The molecule has 4 bridgehead atoms. The molecule has 8 rings (SSSR count). The van der Waals surface area contributed by atoms with Crippen molar-refractivity contribution in [1.82, 2.24) is 5.32 Å². The second kappa shape index (κ2) is 14.2. The van der Waals surface area contributed by atoms with Gasteiger partial charge in [0.25, 0.3) is 0 Å². The number of phenolic OH excluding ortho intramolecular Hbond substituents is 1. The van der Waals surface area contributed by atoms with E-state index in [1.54, 1.807) is 26.2 Å². The number of carbonyl (C=O) groups is 3. The maximum absolute atomic E-state index is 15.0. The van der Waals surface area contributed by atoms with E-state index >= 15 is 4.79 Å². The summed E-state index contributed by atoms with van der Waals surface area (Å²) in [4.78, 5) is 43.2. The van der Waals surface area contributed by atoms with Crippen LogP contribution in [0.15, 0.2) is 76.9 Å². The molecule has 1 spiro atoms. The predicted octanol–water partition coefficient (Wildman–Crippen LogP) is 8.52. The smallest absolute Gasteiger partial charge is 0.246 e. The molecule has 6 aliphatic rings. The standard InChI is InChI=1S/C47H55NO8/c1-27(2)13-12-21-45(8)22-19-32-38(49)37-39(50)34-25-31-26-36-44(6,7)56-46(42(31)51,47(34,36)55-41(37)33(40(32)54-45)17-16-28(3)4)23-18-29(5)43(52)48-24-20-30-14-10-11-15-35(30)53-9/h10-11,13-16,18-19,22,25,31,36,49H,12,17,20-21,23-24,26H2,1-9H3,(H,48,52). The fourth-order valence-electron chi connectivity index (χ4n) is 9.54. The van der Waals surface area contributed by atoms with E-state index in [0.29, 0.717) is 60.3 Å². The molecule has 5 unspecified atom stereocenters. The van der Waals surface area contributed by atoms with E-state index in [9.17, 15) is 14.7 Å². The zero-order chi connectivity index (χ0) is 40.4. The highest BCUT2D eigenvalue weighted by molar-refractivity contribution is 6.19. The number of fused-ring (bicyclic) bond motifs is 2. The van der Waals surface area contributed by atoms with Crippen LogP contribution >= 0.6 is 0 Å². The van der Waals surface area contributed by atoms with Gasteiger partial charge < -0.3 is 29.4 Å². The highest BCUT2D eigenvalue weighted by Crippen LogP contribution is 2.68. The number of ketones is 2. The lowest BCUT2D eigenvalue weighted by molar-refractivity contribution is -0.171. The number of para-hydroxylation sites is 1. The third-order valence-electron chi connectivity index (χ3n) is 12.4. The van der Waals surface area contributed by atoms with Crippen LogP contribution in [0, 0.1) is 11.8 Å². The molecule has 2 aromatic rings. The van der Waals surface area contributed by atoms with Gasteiger partial charge in [-0.05, 0) is 111 Å². The van der Waals surface area contributed by atoms with Gasteiger partial charge in [-0.25, -0.2) is 0 Å². The van der Waals surface area contributed by atoms with Crippen LogP contribution in [0.3, 0.4) is 0 Å². The Kier molecular flexibility index (Phi) is 10.0. The Morgan fingerprint density at radius 1 is 1.00 bits per heavy atom. The minimum Gasteiger partial charge on any atom is -0.506 e. The van der Waals surface area contributed by atoms with Gasteiger partial charge in [0.05, 0.1) is 18.3 Å². The fourth-order valence-corrected chi connectivity index (χ4v) is 9.54. The van der Waals surface area contributed by atoms with Crippen molar-refractivity contribution in [1.29, 1.82) is 0 Å². The predicted molar refractivity (Wildman–Crippen MR) is 216 cm³/mol. The molecule has 56 heavy (non-hydrogen) atoms. The van der Waals surface area contributed by atoms with E-state index in [-0.39, 0.29) is 46.9 Å². The largest absolute Gasteiger partial charge is 0.506 e. The van der Waals surface area contributed by atoms with Crippen LogP contribution in [0.2, 0.25) is 0 Å². The topological polar surface area (TPSA) is 120 Å². The van der Waals surface area contributed by atoms with Crippen molar-refractivity contribution in [2.45, 2.75) is 116 Å². The van der Waals surface area contributed by atoms with Gasteiger partial charge in [-0.15, -0.1) is 0 Å². The summed E-state index contributed by atoms with van der Waals surface area (Å²) < 4.78 is 26.5. The molecule has 2 N–H and O–H groups in total. The number of allylic oxidation sites excluding steroid dienone is 5. The summed E-state index contributed by atoms with van der Waals surface area (Å²) in [6, 6.07) is 7.69. The lowest BCUT2D eigenvalue weighted by Gasteiger charge is -2.56. The van der Waals surface area contributed by atoms with Crippen molar-refractivity contribution in [3.8, 4) is 23.0 Å². The molecule has 296 valence electrons. The van der Waals surface area contributed by atoms with Crippen LogP contribution < -0.4 is 19.5 Å². The van der Waals surface area contributed by atoms with Crippen LogP contribution in [0.5, 0.6) is 23.0 Å². The summed E-state index contributed by atoms with van der Waals surface area (Å²) in [6.45, 7) is 16.2. The number of ether oxygens (including phenoxy) is 4. The minimum absolute atomic E-state index is 0.0237. The molecule has 1 amide bonds. The van der Waals surface area contributed by atoms with E-state index in [2.05, 4.69) is 31.3 Å². The number of rotatable bonds is 12. The summed E-state index contributed by atoms with van der Waals surface area (Å²) in [5.74, 6) is -0.511. The molecule has 1 saturated carbocycles. The summed E-state index contributed by atoms with van der Waals surface area (Å²) in [5, 5.41) is 15.0. The zero-order valence-electron chi connectivity index (χ0n) is 34.2. The molecule has 0 aromatic heterocycles. The second-order valence-corrected chi connectivity index (χ2v) is 17.3. The van der Waals surface area contributed by atoms with Gasteiger partial charge in [-0.2, -0.15) is 0 Å². The van der Waals surface area contributed by atoms with Crippen molar-refractivity contribution in [3.63, 3.8) is 0 Å². The molecule has 1 saturated heterocycles. The minimum atomic E-state index is -1.60. The van der Waals surface area contributed by atoms with Crippen LogP contribution in [0.1, 0.15) is 108 Å². The van der Waals surface area contributed by atoms with Gasteiger partial charge in [0, 0.05) is 41.5 Å². The maximum Gasteiger partial charge on any atom is 0.246 e. The first-order valence-electron chi connectivity index (χ1n) is 19.8. The Balaban J connectivity index is 1.29. The van der Waals surface area contributed by atoms with Gasteiger partial charge in [-0.3, -0.25) is 14.4 Å². The highest BCUT2D eigenvalue weighted by Gasteiger charge is 2.81. The maximum atomic E-state index is 15.0. The average molecular weight is 762 g/mol. The van der Waals surface area contributed by atoms with Crippen LogP contribution in [0.4, 0.5) is 0 Å². The number of carbonyl (C=O) groups excluding carboxylic acids is 3. The molecular weight excluding hydrogens is 707 g/mol. The molecule has 2 fully saturated rings. The number of benzene rings is 2. The number of phenols is 1. The monoisotopic (exact) mass is 761 g/mol. The Labute approximate surface area is 330 Å². The summed E-state index contributed by atoms with van der Waals surface area (Å²) >= 11 is 0. The van der Waals surface area contributed by atoms with Crippen molar-refractivity contribution in [2.75, 3.05) is 13.7 Å². The first kappa shape index (κ1) is 39.3. The zero-order valence-corrected chi connectivity index (χ0v) is 34.2. The first-order valence-corrected chi connectivity index (χ1v) is 19.8. The normalized spacial score (nSPS) is 27.6. The van der Waals surface area contributed by atoms with Crippen LogP contribution in [-0.2, 0) is 27.2 Å². The molecule has 0 radical (unpaired) electrons. The Morgan fingerprint density at radius 3 is 2.45 bits per heavy atom. The Hall–Kier alpha value is -4.89. The van der Waals surface area contributed by atoms with Gasteiger partial charge >= 0.3 is 0 Å². The van der Waals surface area contributed by atoms with E-state index in [0.717, 1.165) is 23.3 Å². The first-order chi connectivity index (χ1) is 26.5. The number of methoxy groups -OCH3 is 1. The molecule has 3 aliphatic heterocycles. The molecule has 9 nitrogen and oxygen atoms in total. The number of aromatic hydroxyl groups is 1. The average Bonchev–Trinajstić information content (AvgIpc) is 3.30. The summed E-state index contributed by atoms with van der Waals surface area (Å²) in [6.07, 6.45) is 14.5. The number of nitrogens with one attached hydrogen (secondary N) is 1. The number of hydrogen-bond acceptors (Lipinski definition) is 8. The lowest BCUT2D eigenvalue weighted by Crippen LogP contribution is -2.72. The number of Topliss-reactive ketones (excluding diaryl/α,β-unsaturated/α-hetero) is 2. The SMILES string of the molecule is COc1ccccc1CCNC(=O)C(C)=CCC12OC(C)(C)C3CC(C=C4C(=O)c5c(O)c6c(c(CC=C(C)C)c5OC431)OC(C)(CCC=C(C)C)C=C6)C2=O. The second-order valence-electron chi connectivity index (χ2n) is 17.3. The third-order valence-corrected chi connectivity index (χ3v) is 12.4. The van der Waals surface area contributed by atoms with Crippen molar-refractivity contribution < 1.29 is 38.4 Å². The molecule has 3 heterocycles. The van der Waals surface area contributed by atoms with E-state index in [1.165, 1.54) is 5.57 Å². The molecule has 2 aromatic carbocycles. The van der Waals surface area contributed by atoms with E-state index < -0.39 is 28.3 Å². The third kappa shape index (κ3) is 6.23. The van der Waals surface area contributed by atoms with E-state index in [1.807, 2.05) is 71.0 Å². The van der Waals surface area contributed by atoms with Crippen LogP contribution in [-0.4, -0.2) is 58.6 Å². The lowest BCUT2D eigenvalue weighted by atomic mass is 9.51. The van der Waals surface area contributed by atoms with Crippen molar-refractivity contribution >= 4 is 23.5 Å². The molecule has 5 atom stereocenters.